The molecule has 0 fully saturated rings. The lowest BCUT2D eigenvalue weighted by Crippen LogP contribution is -2.21. The Kier molecular flexibility index (Phi) is 5.90. The van der Waals surface area contributed by atoms with Gasteiger partial charge in [-0.15, -0.1) is 0 Å². The summed E-state index contributed by atoms with van der Waals surface area (Å²) in [5.41, 5.74) is 6.95. The highest BCUT2D eigenvalue weighted by molar-refractivity contribution is 5.27. The van der Waals surface area contributed by atoms with Gasteiger partial charge in [-0.25, -0.2) is 0 Å². The van der Waals surface area contributed by atoms with Crippen molar-refractivity contribution in [2.24, 2.45) is 11.7 Å². The molecule has 0 spiro atoms. The number of hydrogen-bond acceptors (Lipinski definition) is 3. The summed E-state index contributed by atoms with van der Waals surface area (Å²) in [7, 11) is 1.71. The molecule has 0 amide bonds. The van der Waals surface area contributed by atoms with Crippen molar-refractivity contribution in [2.45, 2.75) is 13.3 Å². The molecule has 3 heteroatoms. The zero-order valence-corrected chi connectivity index (χ0v) is 10.1. The minimum atomic E-state index is 0.392. The molecule has 1 aromatic rings. The van der Waals surface area contributed by atoms with Crippen LogP contribution >= 0.6 is 0 Å². The largest absolute Gasteiger partial charge is 0.494 e. The quantitative estimate of drug-likeness (QED) is 0.767. The number of hydrogen-bond donors (Lipinski definition) is 1. The maximum absolute atomic E-state index is 5.68. The fourth-order valence-electron chi connectivity index (χ4n) is 1.67. The molecule has 1 atom stereocenters. The molecular formula is C13H21NO2. The van der Waals surface area contributed by atoms with Gasteiger partial charge in [0.05, 0.1) is 13.2 Å². The van der Waals surface area contributed by atoms with E-state index in [2.05, 4.69) is 12.1 Å². The second-order valence-corrected chi connectivity index (χ2v) is 3.84. The molecule has 0 saturated carbocycles. The average Bonchev–Trinajstić information content (AvgIpc) is 2.31. The lowest BCUT2D eigenvalue weighted by atomic mass is 10.0. The van der Waals surface area contributed by atoms with Crippen LogP contribution in [0.15, 0.2) is 24.3 Å². The first-order valence-corrected chi connectivity index (χ1v) is 5.70. The maximum atomic E-state index is 5.68. The summed E-state index contributed by atoms with van der Waals surface area (Å²) in [5, 5.41) is 0. The van der Waals surface area contributed by atoms with Gasteiger partial charge in [-0.1, -0.05) is 12.1 Å². The number of ether oxygens (including phenoxy) is 2. The van der Waals surface area contributed by atoms with Crippen molar-refractivity contribution in [1.82, 2.24) is 0 Å². The van der Waals surface area contributed by atoms with E-state index in [-0.39, 0.29) is 0 Å². The molecule has 0 aliphatic rings. The van der Waals surface area contributed by atoms with Crippen LogP contribution < -0.4 is 10.5 Å². The smallest absolute Gasteiger partial charge is 0.119 e. The second-order valence-electron chi connectivity index (χ2n) is 3.84. The van der Waals surface area contributed by atoms with Gasteiger partial charge in [0.25, 0.3) is 0 Å². The van der Waals surface area contributed by atoms with Gasteiger partial charge in [0.15, 0.2) is 0 Å². The fraction of sp³-hybridized carbons (Fsp3) is 0.538. The Morgan fingerprint density at radius 1 is 1.25 bits per heavy atom. The van der Waals surface area contributed by atoms with Crippen molar-refractivity contribution in [3.05, 3.63) is 29.8 Å². The second kappa shape index (κ2) is 7.25. The van der Waals surface area contributed by atoms with Crippen LogP contribution in [0.3, 0.4) is 0 Å². The van der Waals surface area contributed by atoms with Crippen LogP contribution in [0.1, 0.15) is 12.5 Å². The predicted molar refractivity (Wildman–Crippen MR) is 65.7 cm³/mol. The first-order valence-electron chi connectivity index (χ1n) is 5.70. The van der Waals surface area contributed by atoms with Gasteiger partial charge >= 0.3 is 0 Å². The first kappa shape index (κ1) is 13.0. The van der Waals surface area contributed by atoms with E-state index in [9.17, 15) is 0 Å². The predicted octanol–water partition coefficient (Wildman–Crippen LogP) is 1.85. The molecule has 0 aromatic heterocycles. The van der Waals surface area contributed by atoms with E-state index in [0.717, 1.165) is 12.2 Å². The van der Waals surface area contributed by atoms with Gasteiger partial charge in [0.1, 0.15) is 5.75 Å². The highest BCUT2D eigenvalue weighted by atomic mass is 16.5. The first-order chi connectivity index (χ1) is 7.80. The lowest BCUT2D eigenvalue weighted by molar-refractivity contribution is 0.155. The Balaban J connectivity index is 2.53. The number of nitrogens with two attached hydrogens (primary N) is 1. The van der Waals surface area contributed by atoms with Crippen molar-refractivity contribution < 1.29 is 9.47 Å². The standard InChI is InChI=1S/C13H21NO2/c1-3-16-13-6-4-11(5-7-13)8-12(9-14)10-15-2/h4-7,12H,3,8-10,14H2,1-2H3. The summed E-state index contributed by atoms with van der Waals surface area (Å²) in [6, 6.07) is 8.17. The Morgan fingerprint density at radius 2 is 1.94 bits per heavy atom. The highest BCUT2D eigenvalue weighted by Crippen LogP contribution is 2.15. The summed E-state index contributed by atoms with van der Waals surface area (Å²) in [6.45, 7) is 4.05. The van der Waals surface area contributed by atoms with Crippen molar-refractivity contribution in [2.75, 3.05) is 26.9 Å². The molecule has 0 radical (unpaired) electrons. The van der Waals surface area contributed by atoms with E-state index in [0.29, 0.717) is 25.7 Å². The third-order valence-electron chi connectivity index (χ3n) is 2.49. The summed E-state index contributed by atoms with van der Waals surface area (Å²) in [4.78, 5) is 0. The molecule has 1 unspecified atom stereocenters. The summed E-state index contributed by atoms with van der Waals surface area (Å²) in [6.07, 6.45) is 0.955. The molecular weight excluding hydrogens is 202 g/mol. The molecule has 16 heavy (non-hydrogen) atoms. The molecule has 1 aromatic carbocycles. The molecule has 90 valence electrons. The van der Waals surface area contributed by atoms with Crippen LogP contribution in [0.4, 0.5) is 0 Å². The number of rotatable bonds is 7. The minimum absolute atomic E-state index is 0.392. The molecule has 1 rings (SSSR count). The van der Waals surface area contributed by atoms with Crippen LogP contribution in [-0.2, 0) is 11.2 Å². The van der Waals surface area contributed by atoms with Crippen molar-refractivity contribution in [1.29, 1.82) is 0 Å². The van der Waals surface area contributed by atoms with Gasteiger partial charge in [-0.2, -0.15) is 0 Å². The van der Waals surface area contributed by atoms with E-state index in [1.165, 1.54) is 5.56 Å². The van der Waals surface area contributed by atoms with Gasteiger partial charge < -0.3 is 15.2 Å². The van der Waals surface area contributed by atoms with E-state index in [1.54, 1.807) is 7.11 Å². The van der Waals surface area contributed by atoms with E-state index in [1.807, 2.05) is 19.1 Å². The van der Waals surface area contributed by atoms with Crippen LogP contribution in [0.5, 0.6) is 5.75 Å². The van der Waals surface area contributed by atoms with Crippen LogP contribution in [0.2, 0.25) is 0 Å². The van der Waals surface area contributed by atoms with E-state index < -0.39 is 0 Å². The Labute approximate surface area is 97.6 Å². The van der Waals surface area contributed by atoms with Crippen molar-refractivity contribution in [3.63, 3.8) is 0 Å². The molecule has 0 heterocycles. The van der Waals surface area contributed by atoms with Crippen LogP contribution in [0.25, 0.3) is 0 Å². The molecule has 0 bridgehead atoms. The number of methoxy groups -OCH3 is 1. The summed E-state index contributed by atoms with van der Waals surface area (Å²) >= 11 is 0. The fourth-order valence-corrected chi connectivity index (χ4v) is 1.67. The average molecular weight is 223 g/mol. The Hall–Kier alpha value is -1.06. The Bertz CT molecular complexity index is 284. The lowest BCUT2D eigenvalue weighted by Gasteiger charge is -2.13. The normalized spacial score (nSPS) is 12.4. The monoisotopic (exact) mass is 223 g/mol. The zero-order valence-electron chi connectivity index (χ0n) is 10.1. The maximum Gasteiger partial charge on any atom is 0.119 e. The third-order valence-corrected chi connectivity index (χ3v) is 2.49. The van der Waals surface area contributed by atoms with Gasteiger partial charge in [0.2, 0.25) is 0 Å². The van der Waals surface area contributed by atoms with Crippen molar-refractivity contribution >= 4 is 0 Å². The third kappa shape index (κ3) is 4.21. The van der Waals surface area contributed by atoms with E-state index in [4.69, 9.17) is 15.2 Å². The van der Waals surface area contributed by atoms with E-state index >= 15 is 0 Å². The number of benzene rings is 1. The van der Waals surface area contributed by atoms with Crippen LogP contribution in [-0.4, -0.2) is 26.9 Å². The topological polar surface area (TPSA) is 44.5 Å². The van der Waals surface area contributed by atoms with Gasteiger partial charge in [0, 0.05) is 7.11 Å². The molecule has 0 saturated heterocycles. The Morgan fingerprint density at radius 3 is 2.44 bits per heavy atom. The molecule has 0 aliphatic heterocycles. The minimum Gasteiger partial charge on any atom is -0.494 e. The van der Waals surface area contributed by atoms with Crippen molar-refractivity contribution in [3.8, 4) is 5.75 Å². The molecule has 3 nitrogen and oxygen atoms in total. The summed E-state index contributed by atoms with van der Waals surface area (Å²) < 4.78 is 10.5. The zero-order chi connectivity index (χ0) is 11.8. The van der Waals surface area contributed by atoms with Gasteiger partial charge in [-0.05, 0) is 43.5 Å². The molecule has 0 aliphatic carbocycles. The van der Waals surface area contributed by atoms with Gasteiger partial charge in [-0.3, -0.25) is 0 Å². The highest BCUT2D eigenvalue weighted by Gasteiger charge is 2.07. The molecule has 2 N–H and O–H groups in total. The summed E-state index contributed by atoms with van der Waals surface area (Å²) in [5.74, 6) is 1.31. The van der Waals surface area contributed by atoms with Crippen LogP contribution in [0, 0.1) is 5.92 Å². The SMILES string of the molecule is CCOc1ccc(CC(CN)COC)cc1.